The maximum absolute atomic E-state index is 10.6. The number of carbonyl (C=O) groups is 1. The minimum atomic E-state index is -2.39. The van der Waals surface area contributed by atoms with Crippen LogP contribution in [0.25, 0.3) is 0 Å². The summed E-state index contributed by atoms with van der Waals surface area (Å²) in [4.78, 5) is 14.0. The Bertz CT molecular complexity index is 1100. The Balaban J connectivity index is 2.13. The van der Waals surface area contributed by atoms with Crippen molar-refractivity contribution in [1.82, 2.24) is 9.80 Å². The second-order valence-electron chi connectivity index (χ2n) is 5.81. The van der Waals surface area contributed by atoms with Gasteiger partial charge in [0, 0.05) is 37.7 Å². The van der Waals surface area contributed by atoms with E-state index in [0.717, 1.165) is 0 Å². The predicted molar refractivity (Wildman–Crippen MR) is 106 cm³/mol. The number of carboxylic acids is 1. The molecule has 1 fully saturated rings. The number of hydrogen-bond donors (Lipinski definition) is 1. The van der Waals surface area contributed by atoms with Crippen molar-refractivity contribution in [2.45, 2.75) is 6.02 Å². The van der Waals surface area contributed by atoms with Crippen LogP contribution in [0.2, 0.25) is 5.02 Å². The number of hydrogen-bond acceptors (Lipinski definition) is 4. The van der Waals surface area contributed by atoms with Gasteiger partial charge in [-0.05, 0) is 23.2 Å². The molecule has 0 amide bonds. The first-order chi connectivity index (χ1) is 17.2. The summed E-state index contributed by atoms with van der Waals surface area (Å²) >= 11 is 5.97. The molecule has 6 heteroatoms. The molecule has 5 nitrogen and oxygen atoms in total. The number of benzene rings is 2. The zero-order chi connectivity index (χ0) is 27.8. The van der Waals surface area contributed by atoms with Crippen LogP contribution in [0.15, 0.2) is 54.4 Å². The summed E-state index contributed by atoms with van der Waals surface area (Å²) in [5, 5.41) is 8.24. The van der Waals surface area contributed by atoms with E-state index in [2.05, 4.69) is 0 Å². The van der Waals surface area contributed by atoms with Gasteiger partial charge in [-0.1, -0.05) is 53.9 Å². The van der Waals surface area contributed by atoms with Gasteiger partial charge in [-0.15, -0.1) is 0 Å². The van der Waals surface area contributed by atoms with Crippen LogP contribution in [-0.4, -0.2) is 66.8 Å². The fourth-order valence-corrected chi connectivity index (χ4v) is 2.87. The Kier molecular flexibility index (Phi) is 3.86. The summed E-state index contributed by atoms with van der Waals surface area (Å²) in [5.41, 5.74) is -0.955. The van der Waals surface area contributed by atoms with Gasteiger partial charge in [0.15, 0.2) is 0 Å². The predicted octanol–water partition coefficient (Wildman–Crippen LogP) is 3.15. The van der Waals surface area contributed by atoms with Crippen molar-refractivity contribution in [3.63, 3.8) is 0 Å². The molecule has 0 spiro atoms. The Morgan fingerprint density at radius 3 is 2.37 bits per heavy atom. The molecule has 1 N–H and O–H groups in total. The zero-order valence-corrected chi connectivity index (χ0v) is 15.2. The quantitative estimate of drug-likeness (QED) is 0.692. The van der Waals surface area contributed by atoms with Gasteiger partial charge in [0.25, 0.3) is 0 Å². The van der Waals surface area contributed by atoms with E-state index >= 15 is 0 Å². The molecule has 0 radical (unpaired) electrons. The van der Waals surface area contributed by atoms with E-state index in [-0.39, 0.29) is 19.7 Å². The van der Waals surface area contributed by atoms with E-state index in [9.17, 15) is 6.17 Å². The van der Waals surface area contributed by atoms with Gasteiger partial charge in [0.1, 0.15) is 6.61 Å². The summed E-state index contributed by atoms with van der Waals surface area (Å²) in [6.07, 6.45) is 0. The number of nitrogens with zero attached hydrogens (tertiary/aromatic N) is 2. The van der Waals surface area contributed by atoms with E-state index in [1.807, 2.05) is 4.90 Å². The summed E-state index contributed by atoms with van der Waals surface area (Å²) in [6, 6.07) is -8.28. The summed E-state index contributed by atoms with van der Waals surface area (Å²) in [5.74, 6) is -1.09. The maximum atomic E-state index is 10.6. The molecular weight excluding hydrogens is 364 g/mol. The highest BCUT2D eigenvalue weighted by Gasteiger charge is 2.26. The van der Waals surface area contributed by atoms with Crippen molar-refractivity contribution in [3.8, 4) is 0 Å². The van der Waals surface area contributed by atoms with Gasteiger partial charge in [-0.2, -0.15) is 0 Å². The molecule has 144 valence electrons. The normalized spacial score (nSPS) is 23.3. The fourth-order valence-electron chi connectivity index (χ4n) is 2.77. The first kappa shape index (κ1) is 10.6. The molecule has 2 aromatic rings. The second kappa shape index (κ2) is 9.85. The topological polar surface area (TPSA) is 53.0 Å². The Labute approximate surface area is 179 Å². The molecule has 27 heavy (non-hydrogen) atoms. The molecule has 0 aliphatic carbocycles. The Morgan fingerprint density at radius 1 is 1.11 bits per heavy atom. The van der Waals surface area contributed by atoms with Crippen LogP contribution in [0.5, 0.6) is 0 Å². The molecule has 1 aliphatic rings. The average molecular weight is 399 g/mol. The molecule has 0 aromatic heterocycles. The van der Waals surface area contributed by atoms with Gasteiger partial charge < -0.3 is 9.84 Å². The number of aliphatic carboxylic acids is 1. The van der Waals surface area contributed by atoms with Crippen molar-refractivity contribution in [2.75, 3.05) is 45.9 Å². The lowest BCUT2D eigenvalue weighted by Gasteiger charge is -2.39. The van der Waals surface area contributed by atoms with Crippen molar-refractivity contribution < 1.29 is 28.3 Å². The second-order valence-corrected chi connectivity index (χ2v) is 6.19. The van der Waals surface area contributed by atoms with Crippen molar-refractivity contribution in [3.05, 3.63) is 70.5 Å². The highest BCUT2D eigenvalue weighted by molar-refractivity contribution is 6.30. The highest BCUT2D eigenvalue weighted by atomic mass is 35.5. The average Bonchev–Trinajstić information content (AvgIpc) is 2.86. The molecular formula is C21H25ClN2O3. The van der Waals surface area contributed by atoms with Crippen LogP contribution in [0.3, 0.4) is 0 Å². The molecule has 1 heterocycles. The Hall–Kier alpha value is -1.92. The van der Waals surface area contributed by atoms with E-state index in [0.29, 0.717) is 19.6 Å². The SMILES string of the molecule is [2H]c1c([2H])c([2H])c([C@@]([2H])(c2c([2H])c([2H])c(Cl)c([2H])c2[2H])N2CCN(CCOCC(=O)O)CC2)c([2H])c1[2H]. The lowest BCUT2D eigenvalue weighted by atomic mass is 9.96. The highest BCUT2D eigenvalue weighted by Crippen LogP contribution is 2.30. The van der Waals surface area contributed by atoms with E-state index in [1.54, 1.807) is 0 Å². The van der Waals surface area contributed by atoms with Gasteiger partial charge in [0.2, 0.25) is 0 Å². The Morgan fingerprint density at radius 2 is 1.74 bits per heavy atom. The molecule has 1 atom stereocenters. The number of piperazine rings is 1. The monoisotopic (exact) mass is 398 g/mol. The van der Waals surface area contributed by atoms with Crippen LogP contribution in [0.4, 0.5) is 0 Å². The molecule has 0 saturated carbocycles. The molecule has 3 rings (SSSR count). The third kappa shape index (κ3) is 5.78. The van der Waals surface area contributed by atoms with Gasteiger partial charge >= 0.3 is 5.97 Å². The van der Waals surface area contributed by atoms with Crippen LogP contribution in [0.1, 0.15) is 30.9 Å². The van der Waals surface area contributed by atoms with Gasteiger partial charge in [-0.25, -0.2) is 4.79 Å². The van der Waals surface area contributed by atoms with Gasteiger partial charge in [0.05, 0.1) is 26.3 Å². The fraction of sp³-hybridized carbons (Fsp3) is 0.381. The van der Waals surface area contributed by atoms with Crippen LogP contribution in [0, 0.1) is 0 Å². The lowest BCUT2D eigenvalue weighted by Crippen LogP contribution is -2.48. The largest absolute Gasteiger partial charge is 0.480 e. The number of rotatable bonds is 8. The third-order valence-corrected chi connectivity index (χ3v) is 4.22. The summed E-state index contributed by atoms with van der Waals surface area (Å²) < 4.78 is 89.2. The minimum Gasteiger partial charge on any atom is -0.480 e. The van der Waals surface area contributed by atoms with E-state index in [4.69, 9.17) is 33.8 Å². The zero-order valence-electron chi connectivity index (χ0n) is 24.5. The molecule has 0 bridgehead atoms. The van der Waals surface area contributed by atoms with E-state index < -0.39 is 89.1 Å². The van der Waals surface area contributed by atoms with Crippen LogP contribution in [-0.2, 0) is 9.53 Å². The first-order valence-electron chi connectivity index (χ1n) is 13.4. The molecule has 2 aromatic carbocycles. The van der Waals surface area contributed by atoms with Crippen molar-refractivity contribution in [2.24, 2.45) is 0 Å². The summed E-state index contributed by atoms with van der Waals surface area (Å²) in [6.45, 7) is 0.960. The number of halogens is 1. The maximum Gasteiger partial charge on any atom is 0.329 e. The molecule has 1 aliphatic heterocycles. The first-order valence-corrected chi connectivity index (χ1v) is 8.73. The molecule has 1 saturated heterocycles. The van der Waals surface area contributed by atoms with Crippen LogP contribution < -0.4 is 0 Å². The number of carboxylic acid groups (broad SMARTS) is 1. The standard InChI is InChI=1S/C21H25ClN2O3/c22-19-8-6-18(7-9-19)21(17-4-2-1-3-5-17)24-12-10-23(11-13-24)14-15-27-16-20(25)26/h1-9,21H,10-16H2,(H,25,26)/t21-/m0/s1/i1D,2D,3D,4D,5D,6D,7D,8D,9D,21D. The summed E-state index contributed by atoms with van der Waals surface area (Å²) in [7, 11) is 0. The van der Waals surface area contributed by atoms with Gasteiger partial charge in [-0.3, -0.25) is 9.80 Å². The number of ether oxygens (including phenoxy) is 1. The van der Waals surface area contributed by atoms with Crippen molar-refractivity contribution in [1.29, 1.82) is 0 Å². The van der Waals surface area contributed by atoms with E-state index in [1.165, 1.54) is 4.90 Å². The lowest BCUT2D eigenvalue weighted by molar-refractivity contribution is -0.142. The van der Waals surface area contributed by atoms with Crippen molar-refractivity contribution >= 4 is 17.6 Å². The van der Waals surface area contributed by atoms with Crippen LogP contribution >= 0.6 is 11.6 Å². The minimum absolute atomic E-state index is 0.104. The molecule has 0 unspecified atom stereocenters. The smallest absolute Gasteiger partial charge is 0.329 e. The third-order valence-electron chi connectivity index (χ3n) is 4.03.